The number of nitrogens with zero attached hydrogens (tertiary/aromatic N) is 3. The lowest BCUT2D eigenvalue weighted by molar-refractivity contribution is -0.0989. The Balaban J connectivity index is 2.24. The second-order valence-electron chi connectivity index (χ2n) is 2.88. The first-order valence-electron chi connectivity index (χ1n) is 4.37. The van der Waals surface area contributed by atoms with Gasteiger partial charge in [0.25, 0.3) is 0 Å². The third-order valence-corrected chi connectivity index (χ3v) is 1.95. The van der Waals surface area contributed by atoms with Gasteiger partial charge in [0.05, 0.1) is 11.9 Å². The number of ether oxygens (including phenoxy) is 2. The third kappa shape index (κ3) is 3.06. The predicted molar refractivity (Wildman–Crippen MR) is 50.5 cm³/mol. The molecule has 0 radical (unpaired) electrons. The zero-order valence-electron chi connectivity index (χ0n) is 8.73. The number of aryl methyl sites for hydroxylation is 1. The second kappa shape index (κ2) is 5.69. The van der Waals surface area contributed by atoms with Crippen molar-refractivity contribution in [3.63, 3.8) is 0 Å². The molecule has 14 heavy (non-hydrogen) atoms. The summed E-state index contributed by atoms with van der Waals surface area (Å²) in [6, 6.07) is 0. The first-order valence-corrected chi connectivity index (χ1v) is 4.37. The van der Waals surface area contributed by atoms with E-state index in [0.717, 1.165) is 5.69 Å². The minimum atomic E-state index is -0.212. The van der Waals surface area contributed by atoms with E-state index in [1.54, 1.807) is 25.1 Å². The van der Waals surface area contributed by atoms with E-state index in [9.17, 15) is 0 Å². The van der Waals surface area contributed by atoms with Crippen LogP contribution in [0.15, 0.2) is 6.20 Å². The molecule has 80 valence electrons. The molecule has 0 aliphatic carbocycles. The minimum absolute atomic E-state index is 0.212. The van der Waals surface area contributed by atoms with Crippen LogP contribution < -0.4 is 5.32 Å². The minimum Gasteiger partial charge on any atom is -0.355 e. The smallest absolute Gasteiger partial charge is 0.169 e. The van der Waals surface area contributed by atoms with Crippen molar-refractivity contribution < 1.29 is 9.47 Å². The number of hydrogen-bond donors (Lipinski definition) is 1. The first-order chi connectivity index (χ1) is 6.77. The van der Waals surface area contributed by atoms with Crippen molar-refractivity contribution in [1.29, 1.82) is 0 Å². The molecule has 0 unspecified atom stereocenters. The van der Waals surface area contributed by atoms with Crippen molar-refractivity contribution in [3.8, 4) is 0 Å². The Morgan fingerprint density at radius 3 is 2.71 bits per heavy atom. The summed E-state index contributed by atoms with van der Waals surface area (Å²) >= 11 is 0. The summed E-state index contributed by atoms with van der Waals surface area (Å²) in [5, 5.41) is 10.8. The van der Waals surface area contributed by atoms with Crippen LogP contribution in [0.4, 0.5) is 0 Å². The fourth-order valence-corrected chi connectivity index (χ4v) is 1.05. The standard InChI is InChI=1S/C8H16N4O2/c1-12-7(5-10-11-12)4-9-6-8(13-2)14-3/h5,8-9H,4,6H2,1-3H3. The SMILES string of the molecule is COC(CNCc1cnnn1C)OC. The van der Waals surface area contributed by atoms with Gasteiger partial charge in [-0.3, -0.25) is 4.68 Å². The maximum Gasteiger partial charge on any atom is 0.169 e. The fraction of sp³-hybridized carbons (Fsp3) is 0.750. The highest BCUT2D eigenvalue weighted by Gasteiger charge is 2.04. The lowest BCUT2D eigenvalue weighted by atomic mass is 10.4. The van der Waals surface area contributed by atoms with E-state index in [4.69, 9.17) is 9.47 Å². The van der Waals surface area contributed by atoms with Crippen LogP contribution in [0, 0.1) is 0 Å². The van der Waals surface area contributed by atoms with Gasteiger partial charge >= 0.3 is 0 Å². The van der Waals surface area contributed by atoms with Gasteiger partial charge in [-0.15, -0.1) is 5.10 Å². The molecule has 1 heterocycles. The highest BCUT2D eigenvalue weighted by Crippen LogP contribution is 1.93. The number of hydrogen-bond acceptors (Lipinski definition) is 5. The Labute approximate surface area is 83.2 Å². The lowest BCUT2D eigenvalue weighted by Gasteiger charge is -2.13. The van der Waals surface area contributed by atoms with Crippen molar-refractivity contribution >= 4 is 0 Å². The molecule has 0 amide bonds. The predicted octanol–water partition coefficient (Wildman–Crippen LogP) is -0.476. The van der Waals surface area contributed by atoms with E-state index in [0.29, 0.717) is 13.1 Å². The molecular weight excluding hydrogens is 184 g/mol. The summed E-state index contributed by atoms with van der Waals surface area (Å²) in [5.74, 6) is 0. The topological polar surface area (TPSA) is 61.2 Å². The summed E-state index contributed by atoms with van der Waals surface area (Å²) in [7, 11) is 5.08. The molecule has 0 aliphatic rings. The summed E-state index contributed by atoms with van der Waals surface area (Å²) < 4.78 is 11.8. The van der Waals surface area contributed by atoms with Crippen LogP contribution in [-0.4, -0.2) is 42.0 Å². The van der Waals surface area contributed by atoms with Crippen LogP contribution in [0.1, 0.15) is 5.69 Å². The van der Waals surface area contributed by atoms with Crippen molar-refractivity contribution in [2.75, 3.05) is 20.8 Å². The largest absolute Gasteiger partial charge is 0.355 e. The van der Waals surface area contributed by atoms with E-state index in [1.807, 2.05) is 7.05 Å². The number of rotatable bonds is 6. The van der Waals surface area contributed by atoms with Crippen LogP contribution in [0.2, 0.25) is 0 Å². The van der Waals surface area contributed by atoms with E-state index in [2.05, 4.69) is 15.6 Å². The van der Waals surface area contributed by atoms with E-state index >= 15 is 0 Å². The second-order valence-corrected chi connectivity index (χ2v) is 2.88. The van der Waals surface area contributed by atoms with Crippen molar-refractivity contribution in [3.05, 3.63) is 11.9 Å². The van der Waals surface area contributed by atoms with Crippen molar-refractivity contribution in [2.24, 2.45) is 7.05 Å². The average molecular weight is 200 g/mol. The zero-order chi connectivity index (χ0) is 10.4. The zero-order valence-corrected chi connectivity index (χ0v) is 8.73. The maximum absolute atomic E-state index is 5.03. The van der Waals surface area contributed by atoms with Gasteiger partial charge in [0.1, 0.15) is 0 Å². The molecule has 0 aliphatic heterocycles. The molecule has 1 rings (SSSR count). The van der Waals surface area contributed by atoms with E-state index < -0.39 is 0 Å². The molecule has 0 atom stereocenters. The Hall–Kier alpha value is -0.980. The molecule has 0 bridgehead atoms. The van der Waals surface area contributed by atoms with Gasteiger partial charge in [-0.2, -0.15) is 0 Å². The quantitative estimate of drug-likeness (QED) is 0.629. The van der Waals surface area contributed by atoms with Gasteiger partial charge < -0.3 is 14.8 Å². The summed E-state index contributed by atoms with van der Waals surface area (Å²) in [6.45, 7) is 1.34. The van der Waals surface area contributed by atoms with Crippen LogP contribution in [0.3, 0.4) is 0 Å². The highest BCUT2D eigenvalue weighted by atomic mass is 16.7. The third-order valence-electron chi connectivity index (χ3n) is 1.95. The van der Waals surface area contributed by atoms with Crippen molar-refractivity contribution in [2.45, 2.75) is 12.8 Å². The molecule has 6 nitrogen and oxygen atoms in total. The van der Waals surface area contributed by atoms with Crippen LogP contribution >= 0.6 is 0 Å². The van der Waals surface area contributed by atoms with Gasteiger partial charge in [-0.05, 0) is 0 Å². The maximum atomic E-state index is 5.03. The van der Waals surface area contributed by atoms with Crippen LogP contribution in [-0.2, 0) is 23.1 Å². The number of nitrogens with one attached hydrogen (secondary N) is 1. The molecule has 6 heteroatoms. The highest BCUT2D eigenvalue weighted by molar-refractivity contribution is 4.91. The fourth-order valence-electron chi connectivity index (χ4n) is 1.05. The van der Waals surface area contributed by atoms with Gasteiger partial charge in [-0.25, -0.2) is 0 Å². The van der Waals surface area contributed by atoms with Crippen LogP contribution in [0.25, 0.3) is 0 Å². The molecule has 1 N–H and O–H groups in total. The van der Waals surface area contributed by atoms with E-state index in [-0.39, 0.29) is 6.29 Å². The normalized spacial score (nSPS) is 11.1. The summed E-state index contributed by atoms with van der Waals surface area (Å²) in [5.41, 5.74) is 1.02. The first kappa shape index (κ1) is 11.1. The summed E-state index contributed by atoms with van der Waals surface area (Å²) in [6.07, 6.45) is 1.51. The Bertz CT molecular complexity index is 260. The molecule has 1 aromatic rings. The van der Waals surface area contributed by atoms with Crippen LogP contribution in [0.5, 0.6) is 0 Å². The molecule has 0 fully saturated rings. The average Bonchev–Trinajstić information content (AvgIpc) is 2.59. The lowest BCUT2D eigenvalue weighted by Crippen LogP contribution is -2.29. The summed E-state index contributed by atoms with van der Waals surface area (Å²) in [4.78, 5) is 0. The Kier molecular flexibility index (Phi) is 4.51. The number of aromatic nitrogens is 3. The molecule has 1 aromatic heterocycles. The Morgan fingerprint density at radius 1 is 1.50 bits per heavy atom. The molecule has 0 aromatic carbocycles. The molecular formula is C8H16N4O2. The monoisotopic (exact) mass is 200 g/mol. The van der Waals surface area contributed by atoms with E-state index in [1.165, 1.54) is 0 Å². The molecule has 0 saturated carbocycles. The van der Waals surface area contributed by atoms with Gasteiger partial charge in [0.15, 0.2) is 6.29 Å². The van der Waals surface area contributed by atoms with Gasteiger partial charge in [0, 0.05) is 34.4 Å². The van der Waals surface area contributed by atoms with Gasteiger partial charge in [-0.1, -0.05) is 5.21 Å². The van der Waals surface area contributed by atoms with Crippen molar-refractivity contribution in [1.82, 2.24) is 20.3 Å². The van der Waals surface area contributed by atoms with Gasteiger partial charge in [0.2, 0.25) is 0 Å². The Morgan fingerprint density at radius 2 is 2.21 bits per heavy atom. The molecule has 0 saturated heterocycles. The number of methoxy groups -OCH3 is 2. The molecule has 0 spiro atoms.